The van der Waals surface area contributed by atoms with Crippen molar-refractivity contribution in [3.8, 4) is 0 Å². The number of hydrogen-bond donors (Lipinski definition) is 2. The van der Waals surface area contributed by atoms with E-state index in [-0.39, 0.29) is 0 Å². The smallest absolute Gasteiger partial charge is 0.108 e. The van der Waals surface area contributed by atoms with Gasteiger partial charge in [-0.3, -0.25) is 0 Å². The van der Waals surface area contributed by atoms with Gasteiger partial charge in [0.15, 0.2) is 0 Å². The van der Waals surface area contributed by atoms with E-state index in [0.29, 0.717) is 6.04 Å². The van der Waals surface area contributed by atoms with E-state index in [1.165, 1.54) is 5.69 Å². The van der Waals surface area contributed by atoms with Gasteiger partial charge in [0.2, 0.25) is 0 Å². The van der Waals surface area contributed by atoms with Crippen molar-refractivity contribution >= 4 is 0 Å². The molecule has 0 aromatic carbocycles. The summed E-state index contributed by atoms with van der Waals surface area (Å²) in [5.41, 5.74) is 1.17. The number of aromatic amines is 1. The number of rotatable bonds is 7. The van der Waals surface area contributed by atoms with E-state index in [0.717, 1.165) is 31.8 Å². The van der Waals surface area contributed by atoms with Crippen LogP contribution in [0.3, 0.4) is 0 Å². The van der Waals surface area contributed by atoms with Gasteiger partial charge in [0, 0.05) is 56.3 Å². The number of hydrogen-bond acceptors (Lipinski definition) is 3. The number of aryl methyl sites for hydroxylation is 1. The molecule has 0 bridgehead atoms. The maximum Gasteiger partial charge on any atom is 0.108 e. The highest BCUT2D eigenvalue weighted by Gasteiger charge is 2.05. The molecule has 2 aromatic heterocycles. The maximum atomic E-state index is 4.33. The zero-order chi connectivity index (χ0) is 12.8. The molecule has 2 heterocycles. The van der Waals surface area contributed by atoms with Crippen molar-refractivity contribution in [2.24, 2.45) is 0 Å². The summed E-state index contributed by atoms with van der Waals surface area (Å²) in [5, 5.41) is 3.51. The summed E-state index contributed by atoms with van der Waals surface area (Å²) in [6, 6.07) is 0.437. The van der Waals surface area contributed by atoms with Crippen LogP contribution in [0.2, 0.25) is 0 Å². The average molecular weight is 247 g/mol. The van der Waals surface area contributed by atoms with Crippen molar-refractivity contribution in [2.75, 3.05) is 6.54 Å². The Morgan fingerprint density at radius 3 is 3.11 bits per heavy atom. The molecular weight excluding hydrogens is 226 g/mol. The van der Waals surface area contributed by atoms with Gasteiger partial charge in [-0.15, -0.1) is 0 Å². The van der Waals surface area contributed by atoms with Gasteiger partial charge < -0.3 is 14.9 Å². The van der Waals surface area contributed by atoms with Crippen LogP contribution in [0.4, 0.5) is 0 Å². The molecule has 0 fully saturated rings. The summed E-state index contributed by atoms with van der Waals surface area (Å²) in [6.45, 7) is 6.26. The first-order chi connectivity index (χ1) is 8.79. The van der Waals surface area contributed by atoms with Crippen LogP contribution >= 0.6 is 0 Å². The second-order valence-electron chi connectivity index (χ2n) is 4.53. The largest absolute Gasteiger partial charge is 0.348 e. The molecule has 0 amide bonds. The van der Waals surface area contributed by atoms with Crippen molar-refractivity contribution < 1.29 is 0 Å². The van der Waals surface area contributed by atoms with Gasteiger partial charge in [0.1, 0.15) is 5.82 Å². The Kier molecular flexibility index (Phi) is 4.52. The highest BCUT2D eigenvalue weighted by molar-refractivity contribution is 4.95. The number of H-pyrrole nitrogens is 1. The van der Waals surface area contributed by atoms with Crippen molar-refractivity contribution in [3.05, 3.63) is 36.4 Å². The Morgan fingerprint density at radius 2 is 2.39 bits per heavy atom. The lowest BCUT2D eigenvalue weighted by Crippen LogP contribution is -2.32. The second-order valence-corrected chi connectivity index (χ2v) is 4.53. The topological polar surface area (TPSA) is 58.5 Å². The third-order valence-corrected chi connectivity index (χ3v) is 3.03. The molecule has 1 atom stereocenters. The summed E-state index contributed by atoms with van der Waals surface area (Å²) < 4.78 is 2.22. The van der Waals surface area contributed by atoms with Crippen LogP contribution < -0.4 is 5.32 Å². The van der Waals surface area contributed by atoms with Crippen molar-refractivity contribution in [2.45, 2.75) is 39.3 Å². The molecule has 5 nitrogen and oxygen atoms in total. The molecule has 0 aliphatic heterocycles. The van der Waals surface area contributed by atoms with Crippen LogP contribution in [-0.4, -0.2) is 32.1 Å². The molecule has 0 aliphatic rings. The summed E-state index contributed by atoms with van der Waals surface area (Å²) in [7, 11) is 0. The minimum Gasteiger partial charge on any atom is -0.348 e. The highest BCUT2D eigenvalue weighted by Crippen LogP contribution is 2.00. The Balaban J connectivity index is 1.73. The normalized spacial score (nSPS) is 12.8. The monoisotopic (exact) mass is 247 g/mol. The van der Waals surface area contributed by atoms with Crippen molar-refractivity contribution in [3.63, 3.8) is 0 Å². The maximum absolute atomic E-state index is 4.33. The molecule has 2 aromatic rings. The molecule has 98 valence electrons. The van der Waals surface area contributed by atoms with E-state index < -0.39 is 0 Å². The second kappa shape index (κ2) is 6.35. The summed E-state index contributed by atoms with van der Waals surface area (Å²) in [4.78, 5) is 11.4. The summed E-state index contributed by atoms with van der Waals surface area (Å²) in [6.07, 6.45) is 9.47. The standard InChI is InChI=1S/C13H21N5/c1-3-13-16-6-7-18(13)9-11(2)15-5-4-12-8-14-10-17-12/h6-8,10-11,15H,3-5,9H2,1-2H3,(H,14,17). The fraction of sp³-hybridized carbons (Fsp3) is 0.538. The first kappa shape index (κ1) is 12.8. The van der Waals surface area contributed by atoms with Crippen LogP contribution in [-0.2, 0) is 19.4 Å². The van der Waals surface area contributed by atoms with Gasteiger partial charge in [-0.2, -0.15) is 0 Å². The Bertz CT molecular complexity index is 446. The molecule has 0 radical (unpaired) electrons. The molecule has 0 saturated heterocycles. The lowest BCUT2D eigenvalue weighted by atomic mass is 10.3. The van der Waals surface area contributed by atoms with Crippen molar-refractivity contribution in [1.29, 1.82) is 0 Å². The zero-order valence-electron chi connectivity index (χ0n) is 11.1. The van der Waals surface area contributed by atoms with Gasteiger partial charge in [-0.1, -0.05) is 6.92 Å². The van der Waals surface area contributed by atoms with Crippen molar-refractivity contribution in [1.82, 2.24) is 24.8 Å². The minimum absolute atomic E-state index is 0.437. The zero-order valence-corrected chi connectivity index (χ0v) is 11.1. The fourth-order valence-corrected chi connectivity index (χ4v) is 2.05. The fourth-order valence-electron chi connectivity index (χ4n) is 2.05. The Hall–Kier alpha value is -1.62. The molecule has 18 heavy (non-hydrogen) atoms. The Labute approximate surface area is 108 Å². The van der Waals surface area contributed by atoms with E-state index in [9.17, 15) is 0 Å². The number of nitrogens with zero attached hydrogens (tertiary/aromatic N) is 3. The van der Waals surface area contributed by atoms with E-state index >= 15 is 0 Å². The first-order valence-electron chi connectivity index (χ1n) is 6.50. The lowest BCUT2D eigenvalue weighted by Gasteiger charge is -2.15. The third kappa shape index (κ3) is 3.43. The van der Waals surface area contributed by atoms with E-state index in [1.54, 1.807) is 6.33 Å². The number of imidazole rings is 2. The summed E-state index contributed by atoms with van der Waals surface area (Å²) in [5.74, 6) is 1.15. The molecule has 5 heteroatoms. The quantitative estimate of drug-likeness (QED) is 0.777. The summed E-state index contributed by atoms with van der Waals surface area (Å²) >= 11 is 0. The van der Waals surface area contributed by atoms with Crippen LogP contribution in [0.25, 0.3) is 0 Å². The molecule has 1 unspecified atom stereocenters. The van der Waals surface area contributed by atoms with E-state index in [1.807, 2.05) is 18.6 Å². The lowest BCUT2D eigenvalue weighted by molar-refractivity contribution is 0.470. The van der Waals surface area contributed by atoms with Crippen LogP contribution in [0.1, 0.15) is 25.4 Å². The molecule has 2 rings (SSSR count). The van der Waals surface area contributed by atoms with Crippen LogP contribution in [0.5, 0.6) is 0 Å². The molecular formula is C13H21N5. The predicted molar refractivity (Wildman–Crippen MR) is 71.4 cm³/mol. The van der Waals surface area contributed by atoms with Gasteiger partial charge in [0.05, 0.1) is 6.33 Å². The van der Waals surface area contributed by atoms with Crippen LogP contribution in [0, 0.1) is 0 Å². The van der Waals surface area contributed by atoms with Crippen LogP contribution in [0.15, 0.2) is 24.9 Å². The van der Waals surface area contributed by atoms with Gasteiger partial charge in [-0.05, 0) is 6.92 Å². The number of aromatic nitrogens is 4. The minimum atomic E-state index is 0.437. The van der Waals surface area contributed by atoms with E-state index in [2.05, 4.69) is 38.7 Å². The highest BCUT2D eigenvalue weighted by atomic mass is 15.1. The SMILES string of the molecule is CCc1nccn1CC(C)NCCc1cnc[nH]1. The van der Waals surface area contributed by atoms with E-state index in [4.69, 9.17) is 0 Å². The Morgan fingerprint density at radius 1 is 1.50 bits per heavy atom. The average Bonchev–Trinajstić information content (AvgIpc) is 3.00. The first-order valence-corrected chi connectivity index (χ1v) is 6.50. The third-order valence-electron chi connectivity index (χ3n) is 3.03. The van der Waals surface area contributed by atoms with Gasteiger partial charge >= 0.3 is 0 Å². The molecule has 0 saturated carbocycles. The number of nitrogens with one attached hydrogen (secondary N) is 2. The molecule has 0 aliphatic carbocycles. The molecule has 0 spiro atoms. The molecule has 2 N–H and O–H groups in total. The van der Waals surface area contributed by atoms with Gasteiger partial charge in [-0.25, -0.2) is 9.97 Å². The van der Waals surface area contributed by atoms with Gasteiger partial charge in [0.25, 0.3) is 0 Å². The predicted octanol–water partition coefficient (Wildman–Crippen LogP) is 1.39.